The third-order valence-electron chi connectivity index (χ3n) is 6.01. The fraction of sp³-hybridized carbons (Fsp3) is 0.667. The van der Waals surface area contributed by atoms with Crippen LogP contribution in [0.2, 0.25) is 0 Å². The first kappa shape index (κ1) is 20.3. The first-order chi connectivity index (χ1) is 11.7. The highest BCUT2D eigenvalue weighted by atomic mass is 35.5. The first-order valence-corrected chi connectivity index (χ1v) is 9.64. The van der Waals surface area contributed by atoms with Gasteiger partial charge in [-0.05, 0) is 51.0 Å². The molecule has 0 amide bonds. The monoisotopic (exact) mass is 365 g/mol. The van der Waals surface area contributed by atoms with Crippen molar-refractivity contribution in [2.45, 2.75) is 70.4 Å². The van der Waals surface area contributed by atoms with E-state index in [2.05, 4.69) is 30.9 Å². The summed E-state index contributed by atoms with van der Waals surface area (Å²) in [5.74, 6) is 0.347. The van der Waals surface area contributed by atoms with Crippen molar-refractivity contribution in [3.63, 3.8) is 0 Å². The third kappa shape index (κ3) is 4.98. The molecule has 1 saturated carbocycles. The van der Waals surface area contributed by atoms with Gasteiger partial charge in [0.15, 0.2) is 0 Å². The molecule has 4 heteroatoms. The first-order valence-electron chi connectivity index (χ1n) is 9.64. The summed E-state index contributed by atoms with van der Waals surface area (Å²) in [6.07, 6.45) is 7.28. The van der Waals surface area contributed by atoms with Crippen molar-refractivity contribution < 1.29 is 9.53 Å². The Morgan fingerprint density at radius 1 is 1.08 bits per heavy atom. The number of carbonyl (C=O) groups excluding carboxylic acids is 1. The molecule has 3 atom stereocenters. The molecule has 0 aromatic heterocycles. The van der Waals surface area contributed by atoms with Gasteiger partial charge in [0.1, 0.15) is 6.61 Å². The molecule has 1 heterocycles. The highest BCUT2D eigenvalue weighted by Crippen LogP contribution is 2.38. The summed E-state index contributed by atoms with van der Waals surface area (Å²) in [5.41, 5.74) is 1.12. The number of ether oxygens (including phenoxy) is 1. The Bertz CT molecular complexity index is 520. The smallest absolute Gasteiger partial charge is 0.313 e. The maximum atomic E-state index is 12.8. The molecule has 3 rings (SSSR count). The summed E-state index contributed by atoms with van der Waals surface area (Å²) in [6, 6.07) is 11.4. The minimum absolute atomic E-state index is 0. The van der Waals surface area contributed by atoms with Crippen LogP contribution in [-0.4, -0.2) is 36.1 Å². The van der Waals surface area contributed by atoms with Crippen molar-refractivity contribution in [2.24, 2.45) is 5.92 Å². The van der Waals surface area contributed by atoms with E-state index in [-0.39, 0.29) is 24.3 Å². The molecule has 3 unspecified atom stereocenters. The SMILES string of the molecule is CC1CCC(C)N1CCOC(=O)C(c1ccccc1)C1CCCC1.Cl. The van der Waals surface area contributed by atoms with Crippen molar-refractivity contribution in [1.82, 2.24) is 4.90 Å². The number of esters is 1. The number of benzene rings is 1. The van der Waals surface area contributed by atoms with E-state index in [9.17, 15) is 4.79 Å². The van der Waals surface area contributed by atoms with E-state index < -0.39 is 0 Å². The number of nitrogens with zero attached hydrogens (tertiary/aromatic N) is 1. The lowest BCUT2D eigenvalue weighted by Crippen LogP contribution is -2.36. The second-order valence-electron chi connectivity index (χ2n) is 7.61. The number of hydrogen-bond donors (Lipinski definition) is 0. The van der Waals surface area contributed by atoms with Crippen molar-refractivity contribution >= 4 is 18.4 Å². The summed E-state index contributed by atoms with van der Waals surface area (Å²) < 4.78 is 5.75. The molecule has 140 valence electrons. The Morgan fingerprint density at radius 3 is 2.28 bits per heavy atom. The van der Waals surface area contributed by atoms with Crippen molar-refractivity contribution in [2.75, 3.05) is 13.2 Å². The van der Waals surface area contributed by atoms with Crippen LogP contribution in [0.15, 0.2) is 30.3 Å². The van der Waals surface area contributed by atoms with E-state index in [4.69, 9.17) is 4.74 Å². The van der Waals surface area contributed by atoms with Crippen LogP contribution in [0.3, 0.4) is 0 Å². The largest absolute Gasteiger partial charge is 0.464 e. The van der Waals surface area contributed by atoms with Gasteiger partial charge in [-0.25, -0.2) is 0 Å². The van der Waals surface area contributed by atoms with Gasteiger partial charge in [-0.2, -0.15) is 0 Å². The molecule has 1 aromatic rings. The fourth-order valence-corrected chi connectivity index (χ4v) is 4.58. The Labute approximate surface area is 158 Å². The van der Waals surface area contributed by atoms with E-state index in [0.717, 1.165) is 24.9 Å². The lowest BCUT2D eigenvalue weighted by Gasteiger charge is -2.27. The van der Waals surface area contributed by atoms with Gasteiger partial charge in [-0.1, -0.05) is 43.2 Å². The predicted octanol–water partition coefficient (Wildman–Crippen LogP) is 4.80. The van der Waals surface area contributed by atoms with Crippen molar-refractivity contribution in [1.29, 1.82) is 0 Å². The zero-order valence-electron chi connectivity index (χ0n) is 15.5. The van der Waals surface area contributed by atoms with Crippen LogP contribution < -0.4 is 0 Å². The molecule has 1 aliphatic carbocycles. The van der Waals surface area contributed by atoms with E-state index in [1.54, 1.807) is 0 Å². The molecule has 0 spiro atoms. The Kier molecular flexibility index (Phi) is 7.77. The highest BCUT2D eigenvalue weighted by molar-refractivity contribution is 5.85. The molecule has 2 aliphatic rings. The lowest BCUT2D eigenvalue weighted by atomic mass is 9.85. The van der Waals surface area contributed by atoms with Crippen LogP contribution in [0, 0.1) is 5.92 Å². The average molecular weight is 366 g/mol. The molecule has 1 aromatic carbocycles. The zero-order chi connectivity index (χ0) is 16.9. The Morgan fingerprint density at radius 2 is 1.68 bits per heavy atom. The molecule has 0 bridgehead atoms. The van der Waals surface area contributed by atoms with Gasteiger partial charge < -0.3 is 4.74 Å². The minimum atomic E-state index is -0.0814. The van der Waals surface area contributed by atoms with E-state index in [0.29, 0.717) is 24.6 Å². The van der Waals surface area contributed by atoms with Crippen LogP contribution in [0.1, 0.15) is 63.9 Å². The van der Waals surface area contributed by atoms with Crippen molar-refractivity contribution in [3.05, 3.63) is 35.9 Å². The molecule has 0 N–H and O–H groups in total. The van der Waals surface area contributed by atoms with Gasteiger partial charge in [-0.15, -0.1) is 12.4 Å². The van der Waals surface area contributed by atoms with Gasteiger partial charge in [0.25, 0.3) is 0 Å². The highest BCUT2D eigenvalue weighted by Gasteiger charge is 2.33. The maximum absolute atomic E-state index is 12.8. The topological polar surface area (TPSA) is 29.5 Å². The Balaban J connectivity index is 0.00000225. The molecule has 3 nitrogen and oxygen atoms in total. The minimum Gasteiger partial charge on any atom is -0.464 e. The summed E-state index contributed by atoms with van der Waals surface area (Å²) in [5, 5.41) is 0. The van der Waals surface area contributed by atoms with Gasteiger partial charge in [-0.3, -0.25) is 9.69 Å². The summed E-state index contributed by atoms with van der Waals surface area (Å²) in [6.45, 7) is 5.93. The number of hydrogen-bond acceptors (Lipinski definition) is 3. The molecule has 2 fully saturated rings. The second kappa shape index (κ2) is 9.59. The van der Waals surface area contributed by atoms with Crippen molar-refractivity contribution in [3.8, 4) is 0 Å². The normalized spacial score (nSPS) is 25.5. The maximum Gasteiger partial charge on any atom is 0.313 e. The molecular formula is C21H32ClNO2. The molecule has 0 radical (unpaired) electrons. The van der Waals surface area contributed by atoms with Crippen LogP contribution in [0.25, 0.3) is 0 Å². The Hall–Kier alpha value is -1.06. The van der Waals surface area contributed by atoms with Crippen LogP contribution >= 0.6 is 12.4 Å². The van der Waals surface area contributed by atoms with E-state index in [1.807, 2.05) is 18.2 Å². The number of halogens is 1. The van der Waals surface area contributed by atoms with Gasteiger partial charge in [0.05, 0.1) is 5.92 Å². The summed E-state index contributed by atoms with van der Waals surface area (Å²) in [4.78, 5) is 15.3. The lowest BCUT2D eigenvalue weighted by molar-refractivity contribution is -0.147. The van der Waals surface area contributed by atoms with Gasteiger partial charge >= 0.3 is 5.97 Å². The number of likely N-dealkylation sites (tertiary alicyclic amines) is 1. The zero-order valence-corrected chi connectivity index (χ0v) is 16.3. The predicted molar refractivity (Wildman–Crippen MR) is 104 cm³/mol. The van der Waals surface area contributed by atoms with Crippen LogP contribution in [0.4, 0.5) is 0 Å². The van der Waals surface area contributed by atoms with Gasteiger partial charge in [0, 0.05) is 18.6 Å². The molecule has 25 heavy (non-hydrogen) atoms. The fourth-order valence-electron chi connectivity index (χ4n) is 4.58. The van der Waals surface area contributed by atoms with E-state index in [1.165, 1.54) is 25.7 Å². The molecular weight excluding hydrogens is 334 g/mol. The molecule has 1 aliphatic heterocycles. The quantitative estimate of drug-likeness (QED) is 0.678. The number of rotatable bonds is 6. The van der Waals surface area contributed by atoms with E-state index >= 15 is 0 Å². The molecule has 1 saturated heterocycles. The standard InChI is InChI=1S/C21H31NO2.ClH/c1-16-12-13-17(2)22(16)14-15-24-21(23)20(19-10-6-7-11-19)18-8-4-3-5-9-18;/h3-5,8-9,16-17,19-20H,6-7,10-15H2,1-2H3;1H. The number of carbonyl (C=O) groups is 1. The van der Waals surface area contributed by atoms with Gasteiger partial charge in [0.2, 0.25) is 0 Å². The summed E-state index contributed by atoms with van der Waals surface area (Å²) >= 11 is 0. The van der Waals surface area contributed by atoms with Crippen LogP contribution in [-0.2, 0) is 9.53 Å². The average Bonchev–Trinajstić information content (AvgIpc) is 3.21. The third-order valence-corrected chi connectivity index (χ3v) is 6.01. The van der Waals surface area contributed by atoms with Crippen LogP contribution in [0.5, 0.6) is 0 Å². The second-order valence-corrected chi connectivity index (χ2v) is 7.61. The summed E-state index contributed by atoms with van der Waals surface area (Å²) in [7, 11) is 0.